The quantitative estimate of drug-likeness (QED) is 0.674. The molecule has 3 rings (SSSR count). The third kappa shape index (κ3) is 4.58. The van der Waals surface area contributed by atoms with Crippen LogP contribution in [0.1, 0.15) is 81.1 Å². The molecule has 1 aliphatic heterocycles. The van der Waals surface area contributed by atoms with Crippen LogP contribution in [-0.2, 0) is 17.4 Å². The summed E-state index contributed by atoms with van der Waals surface area (Å²) in [6.45, 7) is 15.1. The van der Waals surface area contributed by atoms with Gasteiger partial charge in [-0.1, -0.05) is 41.5 Å². The number of Topliss-reactive ketones (excluding diaryl/α,β-unsaturated/α-hetero) is 1. The summed E-state index contributed by atoms with van der Waals surface area (Å²) in [6.07, 6.45) is 1.64. The number of rotatable bonds is 5. The topological polar surface area (TPSA) is 86.5 Å². The number of phenolic OH excluding ortho intramolecular Hbond substituents is 1. The van der Waals surface area contributed by atoms with Crippen molar-refractivity contribution in [1.82, 2.24) is 9.88 Å². The van der Waals surface area contributed by atoms with Gasteiger partial charge < -0.3 is 14.7 Å². The Kier molecular flexibility index (Phi) is 5.87. The predicted molar refractivity (Wildman–Crippen MR) is 122 cm³/mol. The molecule has 2 heterocycles. The lowest BCUT2D eigenvalue weighted by atomic mass is 9.78. The monoisotopic (exact) mass is 423 g/mol. The molecule has 1 aromatic heterocycles. The third-order valence-electron chi connectivity index (χ3n) is 5.57. The maximum atomic E-state index is 13.3. The van der Waals surface area contributed by atoms with Crippen LogP contribution >= 0.6 is 0 Å². The minimum Gasteiger partial charge on any atom is -0.507 e. The highest BCUT2D eigenvalue weighted by molar-refractivity contribution is 6.05. The SMILES string of the molecule is CCOc1cc2c(cn1)C(=N)N(CC(=O)c1cc(C(C)(C)C)c(O)c(C(C)(C)C)c1)C2. The predicted octanol–water partition coefficient (Wildman–Crippen LogP) is 4.80. The zero-order valence-corrected chi connectivity index (χ0v) is 19.6. The molecule has 0 radical (unpaired) electrons. The van der Waals surface area contributed by atoms with Crippen LogP contribution in [0.15, 0.2) is 24.4 Å². The minimum atomic E-state index is -0.307. The number of ether oxygens (including phenoxy) is 1. The third-order valence-corrected chi connectivity index (χ3v) is 5.57. The largest absolute Gasteiger partial charge is 0.507 e. The van der Waals surface area contributed by atoms with E-state index >= 15 is 0 Å². The number of hydrogen-bond donors (Lipinski definition) is 2. The first kappa shape index (κ1) is 22.8. The second-order valence-electron chi connectivity index (χ2n) is 10.2. The molecule has 2 N–H and O–H groups in total. The van der Waals surface area contributed by atoms with Crippen LogP contribution in [0.4, 0.5) is 0 Å². The summed E-state index contributed by atoms with van der Waals surface area (Å²) in [6, 6.07) is 5.44. The Morgan fingerprint density at radius 2 is 1.71 bits per heavy atom. The molecule has 1 aromatic carbocycles. The molecule has 0 saturated heterocycles. The number of carbonyl (C=O) groups is 1. The van der Waals surface area contributed by atoms with E-state index in [1.54, 1.807) is 23.2 Å². The summed E-state index contributed by atoms with van der Waals surface area (Å²) < 4.78 is 5.46. The second kappa shape index (κ2) is 7.98. The number of ketones is 1. The van der Waals surface area contributed by atoms with E-state index in [0.29, 0.717) is 30.4 Å². The van der Waals surface area contributed by atoms with Gasteiger partial charge in [-0.25, -0.2) is 4.98 Å². The van der Waals surface area contributed by atoms with Crippen LogP contribution in [0, 0.1) is 5.41 Å². The summed E-state index contributed by atoms with van der Waals surface area (Å²) in [5.41, 5.74) is 3.13. The molecule has 2 aromatic rings. The Morgan fingerprint density at radius 3 is 2.23 bits per heavy atom. The van der Waals surface area contributed by atoms with Gasteiger partial charge in [0.1, 0.15) is 11.6 Å². The first-order valence-corrected chi connectivity index (χ1v) is 10.7. The Bertz CT molecular complexity index is 994. The number of aromatic nitrogens is 1. The van der Waals surface area contributed by atoms with E-state index in [9.17, 15) is 9.90 Å². The van der Waals surface area contributed by atoms with E-state index in [4.69, 9.17) is 10.1 Å². The van der Waals surface area contributed by atoms with Gasteiger partial charge in [-0.15, -0.1) is 0 Å². The van der Waals surface area contributed by atoms with Crippen LogP contribution < -0.4 is 4.74 Å². The molecule has 0 fully saturated rings. The normalized spacial score (nSPS) is 14.0. The lowest BCUT2D eigenvalue weighted by molar-refractivity contribution is 0.0962. The zero-order chi connectivity index (χ0) is 23.1. The lowest BCUT2D eigenvalue weighted by Crippen LogP contribution is -2.30. The maximum Gasteiger partial charge on any atom is 0.213 e. The van der Waals surface area contributed by atoms with Gasteiger partial charge >= 0.3 is 0 Å². The molecule has 1 aliphatic rings. The number of benzene rings is 1. The van der Waals surface area contributed by atoms with Gasteiger partial charge in [0.2, 0.25) is 5.88 Å². The Labute approximate surface area is 184 Å². The number of fused-ring (bicyclic) bond motifs is 1. The number of phenols is 1. The van der Waals surface area contributed by atoms with Crippen molar-refractivity contribution in [3.8, 4) is 11.6 Å². The van der Waals surface area contributed by atoms with E-state index in [2.05, 4.69) is 4.98 Å². The van der Waals surface area contributed by atoms with Crippen molar-refractivity contribution >= 4 is 11.6 Å². The first-order chi connectivity index (χ1) is 14.3. The van der Waals surface area contributed by atoms with Crippen molar-refractivity contribution in [2.45, 2.75) is 65.8 Å². The van der Waals surface area contributed by atoms with Crippen molar-refractivity contribution in [2.75, 3.05) is 13.2 Å². The maximum absolute atomic E-state index is 13.3. The number of aromatic hydroxyl groups is 1. The van der Waals surface area contributed by atoms with Crippen LogP contribution in [0.3, 0.4) is 0 Å². The van der Waals surface area contributed by atoms with E-state index in [1.807, 2.05) is 54.5 Å². The molecular weight excluding hydrogens is 390 g/mol. The number of hydrogen-bond acceptors (Lipinski definition) is 5. The highest BCUT2D eigenvalue weighted by Gasteiger charge is 2.30. The molecule has 0 unspecified atom stereocenters. The van der Waals surface area contributed by atoms with Crippen LogP contribution in [0.5, 0.6) is 11.6 Å². The fourth-order valence-corrected chi connectivity index (χ4v) is 3.84. The molecule has 0 aliphatic carbocycles. The average Bonchev–Trinajstić information content (AvgIpc) is 2.95. The van der Waals surface area contributed by atoms with Gasteiger partial charge in [0, 0.05) is 41.1 Å². The first-order valence-electron chi connectivity index (χ1n) is 10.7. The molecule has 166 valence electrons. The standard InChI is InChI=1S/C25H33N3O3/c1-8-31-21-11-16-13-28(23(26)17(16)12-27-21)14-20(29)15-9-18(24(2,3)4)22(30)19(10-15)25(5,6)7/h9-12,26,30H,8,13-14H2,1-7H3. The Balaban J connectivity index is 1.91. The highest BCUT2D eigenvalue weighted by Crippen LogP contribution is 2.40. The van der Waals surface area contributed by atoms with Crippen LogP contribution in [0.25, 0.3) is 0 Å². The molecular formula is C25H33N3O3. The summed E-state index contributed by atoms with van der Waals surface area (Å²) in [7, 11) is 0. The van der Waals surface area contributed by atoms with E-state index in [0.717, 1.165) is 22.3 Å². The highest BCUT2D eigenvalue weighted by atomic mass is 16.5. The minimum absolute atomic E-state index is 0.0773. The number of amidine groups is 1. The number of pyridine rings is 1. The summed E-state index contributed by atoms with van der Waals surface area (Å²) >= 11 is 0. The smallest absolute Gasteiger partial charge is 0.213 e. The second-order valence-corrected chi connectivity index (χ2v) is 10.2. The summed E-state index contributed by atoms with van der Waals surface area (Å²) in [5, 5.41) is 19.4. The average molecular weight is 424 g/mol. The fraction of sp³-hybridized carbons (Fsp3) is 0.480. The number of nitrogens with zero attached hydrogens (tertiary/aromatic N) is 2. The van der Waals surface area contributed by atoms with Crippen LogP contribution in [0.2, 0.25) is 0 Å². The molecule has 0 amide bonds. The van der Waals surface area contributed by atoms with Gasteiger partial charge in [0.05, 0.1) is 13.2 Å². The van der Waals surface area contributed by atoms with Crippen molar-refractivity contribution in [1.29, 1.82) is 5.41 Å². The van der Waals surface area contributed by atoms with Crippen molar-refractivity contribution in [3.05, 3.63) is 52.2 Å². The van der Waals surface area contributed by atoms with Gasteiger partial charge in [0.15, 0.2) is 5.78 Å². The zero-order valence-electron chi connectivity index (χ0n) is 19.6. The van der Waals surface area contributed by atoms with E-state index in [1.165, 1.54) is 0 Å². The molecule has 0 atom stereocenters. The van der Waals surface area contributed by atoms with Gasteiger partial charge in [-0.2, -0.15) is 0 Å². The van der Waals surface area contributed by atoms with Crippen molar-refractivity contribution < 1.29 is 14.6 Å². The molecule has 6 nitrogen and oxygen atoms in total. The molecule has 6 heteroatoms. The Hall–Kier alpha value is -2.89. The molecule has 0 saturated carbocycles. The van der Waals surface area contributed by atoms with Gasteiger partial charge in [-0.05, 0) is 35.4 Å². The van der Waals surface area contributed by atoms with Crippen LogP contribution in [-0.4, -0.2) is 39.8 Å². The lowest BCUT2D eigenvalue weighted by Gasteiger charge is -2.28. The van der Waals surface area contributed by atoms with Gasteiger partial charge in [-0.3, -0.25) is 10.2 Å². The van der Waals surface area contributed by atoms with E-state index < -0.39 is 0 Å². The molecule has 31 heavy (non-hydrogen) atoms. The van der Waals surface area contributed by atoms with Gasteiger partial charge in [0.25, 0.3) is 0 Å². The van der Waals surface area contributed by atoms with Crippen molar-refractivity contribution in [3.63, 3.8) is 0 Å². The number of nitrogens with one attached hydrogen (secondary N) is 1. The molecule has 0 bridgehead atoms. The summed E-state index contributed by atoms with van der Waals surface area (Å²) in [5.74, 6) is 1.01. The van der Waals surface area contributed by atoms with E-state index in [-0.39, 0.29) is 28.9 Å². The van der Waals surface area contributed by atoms with Crippen molar-refractivity contribution in [2.24, 2.45) is 0 Å². The Morgan fingerprint density at radius 1 is 1.13 bits per heavy atom. The fourth-order valence-electron chi connectivity index (χ4n) is 3.84. The number of carbonyl (C=O) groups excluding carboxylic acids is 1. The summed E-state index contributed by atoms with van der Waals surface area (Å²) in [4.78, 5) is 19.3. The molecule has 0 spiro atoms.